The Hall–Kier alpha value is -0.170. The molecule has 0 unspecified atom stereocenters. The summed E-state index contributed by atoms with van der Waals surface area (Å²) < 4.78 is 31.1. The highest BCUT2D eigenvalue weighted by Crippen LogP contribution is 2.25. The molecule has 0 bridgehead atoms. The van der Waals surface area contributed by atoms with Crippen LogP contribution < -0.4 is 0 Å². The molecule has 3 fully saturated rings. The van der Waals surface area contributed by atoms with Gasteiger partial charge in [0.2, 0.25) is 10.0 Å². The zero-order valence-corrected chi connectivity index (χ0v) is 11.6. The van der Waals surface area contributed by atoms with Crippen LogP contribution in [0.25, 0.3) is 0 Å². The fourth-order valence-corrected chi connectivity index (χ4v) is 4.84. The molecule has 0 aromatic carbocycles. The largest absolute Gasteiger partial charge is 0.378 e. The first-order valence-corrected chi connectivity index (χ1v) is 8.49. The molecular weight excluding hydrogens is 252 g/mol. The number of nitrogens with zero attached hydrogens (tertiary/aromatic N) is 2. The van der Waals surface area contributed by atoms with Gasteiger partial charge in [0, 0.05) is 19.1 Å². The Kier molecular flexibility index (Phi) is 3.62. The van der Waals surface area contributed by atoms with Crippen molar-refractivity contribution < 1.29 is 13.2 Å². The zero-order valence-electron chi connectivity index (χ0n) is 10.8. The van der Waals surface area contributed by atoms with Crippen molar-refractivity contribution in [2.75, 3.05) is 39.4 Å². The van der Waals surface area contributed by atoms with Crippen LogP contribution in [-0.2, 0) is 14.8 Å². The van der Waals surface area contributed by atoms with Crippen molar-refractivity contribution in [1.82, 2.24) is 9.21 Å². The fourth-order valence-electron chi connectivity index (χ4n) is 3.17. The maximum atomic E-state index is 12.2. The molecule has 0 amide bonds. The van der Waals surface area contributed by atoms with Crippen LogP contribution in [0.2, 0.25) is 0 Å². The van der Waals surface area contributed by atoms with Crippen LogP contribution in [0.5, 0.6) is 0 Å². The van der Waals surface area contributed by atoms with E-state index in [-0.39, 0.29) is 5.25 Å². The fraction of sp³-hybridized carbons (Fsp3) is 1.00. The van der Waals surface area contributed by atoms with E-state index in [0.29, 0.717) is 32.3 Å². The minimum Gasteiger partial charge on any atom is -0.378 e. The molecule has 0 aromatic rings. The Labute approximate surface area is 109 Å². The van der Waals surface area contributed by atoms with Gasteiger partial charge in [0.05, 0.1) is 13.2 Å². The molecule has 6 heteroatoms. The molecule has 0 saturated carbocycles. The lowest BCUT2D eigenvalue weighted by Crippen LogP contribution is -2.52. The van der Waals surface area contributed by atoms with Crippen LogP contribution in [0, 0.1) is 0 Å². The van der Waals surface area contributed by atoms with Crippen LogP contribution >= 0.6 is 0 Å². The summed E-state index contributed by atoms with van der Waals surface area (Å²) in [5.74, 6) is 0. The van der Waals surface area contributed by atoms with Crippen LogP contribution in [0.15, 0.2) is 0 Å². The van der Waals surface area contributed by atoms with Gasteiger partial charge < -0.3 is 9.64 Å². The maximum absolute atomic E-state index is 12.2. The average molecular weight is 274 g/mol. The first-order valence-electron chi connectivity index (χ1n) is 6.99. The summed E-state index contributed by atoms with van der Waals surface area (Å²) in [6.07, 6.45) is 4.59. The van der Waals surface area contributed by atoms with Crippen molar-refractivity contribution in [2.45, 2.75) is 37.0 Å². The summed E-state index contributed by atoms with van der Waals surface area (Å²) in [7, 11) is -3.08. The van der Waals surface area contributed by atoms with Crippen LogP contribution in [0.3, 0.4) is 0 Å². The van der Waals surface area contributed by atoms with Crippen molar-refractivity contribution in [3.05, 3.63) is 0 Å². The summed E-state index contributed by atoms with van der Waals surface area (Å²) in [5, 5.41) is -0.277. The van der Waals surface area contributed by atoms with Crippen LogP contribution in [0.4, 0.5) is 0 Å². The van der Waals surface area contributed by atoms with Crippen molar-refractivity contribution >= 4 is 10.0 Å². The van der Waals surface area contributed by atoms with Gasteiger partial charge >= 0.3 is 0 Å². The Bertz CT molecular complexity index is 380. The predicted molar refractivity (Wildman–Crippen MR) is 68.9 cm³/mol. The Balaban J connectivity index is 1.56. The van der Waals surface area contributed by atoms with E-state index in [4.69, 9.17) is 4.74 Å². The Morgan fingerprint density at radius 2 is 1.56 bits per heavy atom. The second-order valence-electron chi connectivity index (χ2n) is 5.58. The molecule has 18 heavy (non-hydrogen) atoms. The van der Waals surface area contributed by atoms with E-state index in [9.17, 15) is 8.42 Å². The smallest absolute Gasteiger partial charge is 0.221 e. The topological polar surface area (TPSA) is 49.9 Å². The van der Waals surface area contributed by atoms with Crippen molar-refractivity contribution in [2.24, 2.45) is 0 Å². The minimum absolute atomic E-state index is 0.277. The van der Waals surface area contributed by atoms with Gasteiger partial charge in [-0.15, -0.1) is 0 Å². The SMILES string of the molecule is O=S(=O)(C1COC1)N1CCC(N2CCCC2)CC1. The molecule has 3 saturated heterocycles. The maximum Gasteiger partial charge on any atom is 0.221 e. The first-order chi connectivity index (χ1) is 8.68. The van der Waals surface area contributed by atoms with E-state index in [1.807, 2.05) is 0 Å². The number of hydrogen-bond donors (Lipinski definition) is 0. The Morgan fingerprint density at radius 1 is 0.944 bits per heavy atom. The van der Waals surface area contributed by atoms with E-state index < -0.39 is 10.0 Å². The van der Waals surface area contributed by atoms with Crippen LogP contribution in [0.1, 0.15) is 25.7 Å². The molecule has 3 heterocycles. The van der Waals surface area contributed by atoms with Crippen LogP contribution in [-0.4, -0.2) is 68.3 Å². The molecule has 0 radical (unpaired) electrons. The van der Waals surface area contributed by atoms with E-state index in [0.717, 1.165) is 12.8 Å². The molecule has 0 aliphatic carbocycles. The molecule has 3 aliphatic rings. The van der Waals surface area contributed by atoms with E-state index in [2.05, 4.69) is 4.90 Å². The number of rotatable bonds is 3. The van der Waals surface area contributed by atoms with Gasteiger partial charge in [-0.3, -0.25) is 0 Å². The monoisotopic (exact) mass is 274 g/mol. The van der Waals surface area contributed by atoms with Crippen molar-refractivity contribution in [3.8, 4) is 0 Å². The lowest BCUT2D eigenvalue weighted by molar-refractivity contribution is 0.0383. The third-order valence-electron chi connectivity index (χ3n) is 4.47. The summed E-state index contributed by atoms with van der Waals surface area (Å²) in [6, 6.07) is 0.608. The van der Waals surface area contributed by atoms with E-state index in [1.165, 1.54) is 25.9 Å². The highest BCUT2D eigenvalue weighted by Gasteiger charge is 2.39. The molecule has 0 spiro atoms. The number of ether oxygens (including phenoxy) is 1. The van der Waals surface area contributed by atoms with Gasteiger partial charge in [-0.25, -0.2) is 12.7 Å². The third kappa shape index (κ3) is 2.31. The highest BCUT2D eigenvalue weighted by molar-refractivity contribution is 7.89. The van der Waals surface area contributed by atoms with Gasteiger partial charge in [0.25, 0.3) is 0 Å². The molecule has 104 valence electrons. The van der Waals surface area contributed by atoms with E-state index >= 15 is 0 Å². The number of hydrogen-bond acceptors (Lipinski definition) is 4. The number of sulfonamides is 1. The van der Waals surface area contributed by atoms with Gasteiger partial charge in [-0.2, -0.15) is 0 Å². The van der Waals surface area contributed by atoms with Gasteiger partial charge in [0.1, 0.15) is 5.25 Å². The van der Waals surface area contributed by atoms with E-state index in [1.54, 1.807) is 4.31 Å². The average Bonchev–Trinajstić information content (AvgIpc) is 2.79. The zero-order chi connectivity index (χ0) is 12.6. The summed E-state index contributed by atoms with van der Waals surface area (Å²) in [6.45, 7) is 4.56. The highest BCUT2D eigenvalue weighted by atomic mass is 32.2. The summed E-state index contributed by atoms with van der Waals surface area (Å²) in [4.78, 5) is 2.54. The molecule has 0 atom stereocenters. The molecular formula is C12H22N2O3S. The minimum atomic E-state index is -3.08. The normalized spacial score (nSPS) is 29.6. The first kappa shape index (κ1) is 12.8. The Morgan fingerprint density at radius 3 is 2.06 bits per heavy atom. The molecule has 0 N–H and O–H groups in total. The van der Waals surface area contributed by atoms with Crippen molar-refractivity contribution in [3.63, 3.8) is 0 Å². The summed E-state index contributed by atoms with van der Waals surface area (Å²) in [5.41, 5.74) is 0. The molecule has 0 aromatic heterocycles. The predicted octanol–water partition coefficient (Wildman–Crippen LogP) is 0.275. The number of piperidine rings is 1. The van der Waals surface area contributed by atoms with Gasteiger partial charge in [-0.05, 0) is 38.8 Å². The lowest BCUT2D eigenvalue weighted by Gasteiger charge is -2.38. The molecule has 5 nitrogen and oxygen atoms in total. The lowest BCUT2D eigenvalue weighted by atomic mass is 10.1. The second kappa shape index (κ2) is 5.07. The van der Waals surface area contributed by atoms with Crippen molar-refractivity contribution in [1.29, 1.82) is 0 Å². The van der Waals surface area contributed by atoms with Gasteiger partial charge in [0.15, 0.2) is 0 Å². The second-order valence-corrected chi connectivity index (χ2v) is 7.79. The standard InChI is InChI=1S/C12H22N2O3S/c15-18(16,12-9-17-10-12)14-7-3-11(4-8-14)13-5-1-2-6-13/h11-12H,1-10H2. The summed E-state index contributed by atoms with van der Waals surface area (Å²) >= 11 is 0. The number of likely N-dealkylation sites (tertiary alicyclic amines) is 1. The third-order valence-corrected chi connectivity index (χ3v) is 6.67. The quantitative estimate of drug-likeness (QED) is 0.741. The van der Waals surface area contributed by atoms with Gasteiger partial charge in [-0.1, -0.05) is 0 Å². The molecule has 3 rings (SSSR count). The molecule has 3 aliphatic heterocycles.